The van der Waals surface area contributed by atoms with E-state index in [9.17, 15) is 0 Å². The second kappa shape index (κ2) is 7.72. The van der Waals surface area contributed by atoms with Gasteiger partial charge >= 0.3 is 0 Å². The van der Waals surface area contributed by atoms with Crippen molar-refractivity contribution in [1.29, 1.82) is 0 Å². The number of hydrogen-bond donors (Lipinski definition) is 0. The molecule has 6 nitrogen and oxygen atoms in total. The molecule has 130 valence electrons. The van der Waals surface area contributed by atoms with E-state index in [0.29, 0.717) is 12.8 Å². The highest BCUT2D eigenvalue weighted by molar-refractivity contribution is 7.99. The van der Waals surface area contributed by atoms with Gasteiger partial charge in [0.15, 0.2) is 10.9 Å². The molecule has 0 spiro atoms. The van der Waals surface area contributed by atoms with Gasteiger partial charge < -0.3 is 13.9 Å². The van der Waals surface area contributed by atoms with Gasteiger partial charge in [0.1, 0.15) is 6.79 Å². The van der Waals surface area contributed by atoms with Crippen molar-refractivity contribution in [2.24, 2.45) is 0 Å². The fourth-order valence-electron chi connectivity index (χ4n) is 3.42. The zero-order valence-corrected chi connectivity index (χ0v) is 14.5. The summed E-state index contributed by atoms with van der Waals surface area (Å²) in [5.74, 6) is 2.52. The molecule has 0 bridgehead atoms. The summed E-state index contributed by atoms with van der Waals surface area (Å²) in [6, 6.07) is 4.32. The van der Waals surface area contributed by atoms with E-state index in [1.54, 1.807) is 18.0 Å². The molecule has 7 heteroatoms. The fourth-order valence-corrected chi connectivity index (χ4v) is 4.49. The number of ether oxygens (including phenoxy) is 2. The van der Waals surface area contributed by atoms with E-state index >= 15 is 0 Å². The summed E-state index contributed by atoms with van der Waals surface area (Å²) >= 11 is 1.73. The van der Waals surface area contributed by atoms with Gasteiger partial charge in [0.05, 0.1) is 19.0 Å². The van der Waals surface area contributed by atoms with Gasteiger partial charge in [0.25, 0.3) is 0 Å². The van der Waals surface area contributed by atoms with Gasteiger partial charge in [0, 0.05) is 11.8 Å². The van der Waals surface area contributed by atoms with Crippen molar-refractivity contribution in [3.05, 3.63) is 18.4 Å². The van der Waals surface area contributed by atoms with Crippen molar-refractivity contribution in [3.8, 4) is 11.6 Å². The van der Waals surface area contributed by atoms with E-state index in [2.05, 4.69) is 14.8 Å². The molecule has 0 unspecified atom stereocenters. The van der Waals surface area contributed by atoms with Crippen LogP contribution in [0.5, 0.6) is 0 Å². The summed E-state index contributed by atoms with van der Waals surface area (Å²) in [4.78, 5) is 0. The van der Waals surface area contributed by atoms with Gasteiger partial charge in [-0.1, -0.05) is 31.0 Å². The molecule has 2 fully saturated rings. The maximum Gasteiger partial charge on any atom is 0.200 e. The molecular formula is C17H23N3O3S. The van der Waals surface area contributed by atoms with Crippen molar-refractivity contribution in [2.75, 3.05) is 19.2 Å². The zero-order chi connectivity index (χ0) is 16.2. The monoisotopic (exact) mass is 349 g/mol. The van der Waals surface area contributed by atoms with Gasteiger partial charge in [-0.25, -0.2) is 0 Å². The lowest BCUT2D eigenvalue weighted by molar-refractivity contribution is -0.130. The molecular weight excluding hydrogens is 326 g/mol. The summed E-state index contributed by atoms with van der Waals surface area (Å²) in [6.45, 7) is 1.18. The molecule has 4 rings (SSSR count). The molecule has 1 aliphatic carbocycles. The van der Waals surface area contributed by atoms with E-state index in [4.69, 9.17) is 13.9 Å². The van der Waals surface area contributed by atoms with Crippen LogP contribution < -0.4 is 0 Å². The third kappa shape index (κ3) is 3.53. The van der Waals surface area contributed by atoms with Crippen LogP contribution in [0.2, 0.25) is 0 Å². The van der Waals surface area contributed by atoms with E-state index in [1.165, 1.54) is 32.1 Å². The molecule has 0 amide bonds. The molecule has 0 N–H and O–H groups in total. The van der Waals surface area contributed by atoms with E-state index in [0.717, 1.165) is 35.5 Å². The molecule has 1 saturated heterocycles. The minimum atomic E-state index is 0.229. The van der Waals surface area contributed by atoms with Gasteiger partial charge in [0.2, 0.25) is 5.82 Å². The number of nitrogens with zero attached hydrogens (tertiary/aromatic N) is 3. The Bertz CT molecular complexity index is 632. The Morgan fingerprint density at radius 2 is 2.08 bits per heavy atom. The highest BCUT2D eigenvalue weighted by atomic mass is 32.2. The number of rotatable bonds is 5. The summed E-state index contributed by atoms with van der Waals surface area (Å²) in [5.41, 5.74) is 0. The smallest absolute Gasteiger partial charge is 0.200 e. The predicted octanol–water partition coefficient (Wildman–Crippen LogP) is 3.90. The van der Waals surface area contributed by atoms with E-state index < -0.39 is 0 Å². The van der Waals surface area contributed by atoms with Crippen molar-refractivity contribution in [3.63, 3.8) is 0 Å². The molecule has 2 aromatic rings. The number of hydrogen-bond acceptors (Lipinski definition) is 6. The molecule has 0 radical (unpaired) electrons. The molecule has 2 aliphatic rings. The summed E-state index contributed by atoms with van der Waals surface area (Å²) < 4.78 is 18.8. The second-order valence-corrected chi connectivity index (χ2v) is 7.35. The van der Waals surface area contributed by atoms with Gasteiger partial charge in [-0.15, -0.1) is 10.2 Å². The first-order chi connectivity index (χ1) is 11.9. The van der Waals surface area contributed by atoms with Crippen LogP contribution in [0.25, 0.3) is 11.6 Å². The number of aromatic nitrogens is 3. The normalized spacial score (nSPS) is 22.8. The molecule has 3 heterocycles. The minimum absolute atomic E-state index is 0.229. The lowest BCUT2D eigenvalue weighted by Gasteiger charge is -2.26. The van der Waals surface area contributed by atoms with Crippen LogP contribution in [-0.2, 0) is 9.47 Å². The first kappa shape index (κ1) is 16.2. The Morgan fingerprint density at radius 1 is 1.17 bits per heavy atom. The standard InChI is InChI=1S/C17H23N3O3S/c1-2-5-13(6-3-1)20-16(15-7-4-9-22-15)18-19-17(20)24-11-14-8-10-21-12-23-14/h4,7,9,13-14H,1-3,5-6,8,10-12H2/t14-/m1/s1. The van der Waals surface area contributed by atoms with Gasteiger partial charge in [-0.2, -0.15) is 0 Å². The highest BCUT2D eigenvalue weighted by Gasteiger charge is 2.26. The Kier molecular flexibility index (Phi) is 5.20. The van der Waals surface area contributed by atoms with Gasteiger partial charge in [-0.05, 0) is 31.4 Å². The first-order valence-electron chi connectivity index (χ1n) is 8.73. The summed E-state index contributed by atoms with van der Waals surface area (Å²) in [7, 11) is 0. The molecule has 2 aromatic heterocycles. The second-order valence-electron chi connectivity index (χ2n) is 6.36. The van der Waals surface area contributed by atoms with Crippen LogP contribution in [0.3, 0.4) is 0 Å². The fraction of sp³-hybridized carbons (Fsp3) is 0.647. The van der Waals surface area contributed by atoms with Crippen molar-refractivity contribution in [1.82, 2.24) is 14.8 Å². The zero-order valence-electron chi connectivity index (χ0n) is 13.7. The molecule has 0 aromatic carbocycles. The number of thioether (sulfide) groups is 1. The number of furan rings is 1. The van der Waals surface area contributed by atoms with Crippen LogP contribution in [0.1, 0.15) is 44.6 Å². The molecule has 1 saturated carbocycles. The maximum absolute atomic E-state index is 5.65. The lowest BCUT2D eigenvalue weighted by atomic mass is 9.95. The Labute approximate surface area is 145 Å². The Morgan fingerprint density at radius 3 is 2.83 bits per heavy atom. The van der Waals surface area contributed by atoms with Crippen LogP contribution in [-0.4, -0.2) is 40.0 Å². The predicted molar refractivity (Wildman–Crippen MR) is 90.9 cm³/mol. The Balaban J connectivity index is 1.56. The maximum atomic E-state index is 5.65. The average Bonchev–Trinajstić information content (AvgIpc) is 3.31. The van der Waals surface area contributed by atoms with Crippen molar-refractivity contribution >= 4 is 11.8 Å². The van der Waals surface area contributed by atoms with Crippen LogP contribution in [0.4, 0.5) is 0 Å². The van der Waals surface area contributed by atoms with Crippen LogP contribution in [0.15, 0.2) is 28.0 Å². The third-order valence-corrected chi connectivity index (χ3v) is 5.79. The first-order valence-corrected chi connectivity index (χ1v) is 9.71. The highest BCUT2D eigenvalue weighted by Crippen LogP contribution is 2.36. The van der Waals surface area contributed by atoms with E-state index in [1.807, 2.05) is 12.1 Å². The van der Waals surface area contributed by atoms with Crippen LogP contribution >= 0.6 is 11.8 Å². The van der Waals surface area contributed by atoms with E-state index in [-0.39, 0.29) is 6.10 Å². The topological polar surface area (TPSA) is 62.3 Å². The van der Waals surface area contributed by atoms with Gasteiger partial charge in [-0.3, -0.25) is 4.57 Å². The summed E-state index contributed by atoms with van der Waals surface area (Å²) in [5, 5.41) is 9.87. The lowest BCUT2D eigenvalue weighted by Crippen LogP contribution is -2.26. The molecule has 1 atom stereocenters. The van der Waals surface area contributed by atoms with Crippen molar-refractivity contribution < 1.29 is 13.9 Å². The summed E-state index contributed by atoms with van der Waals surface area (Å²) in [6.07, 6.45) is 9.11. The quantitative estimate of drug-likeness (QED) is 0.763. The largest absolute Gasteiger partial charge is 0.461 e. The average molecular weight is 349 g/mol. The molecule has 1 aliphatic heterocycles. The van der Waals surface area contributed by atoms with Crippen molar-refractivity contribution in [2.45, 2.75) is 55.8 Å². The van der Waals surface area contributed by atoms with Crippen LogP contribution in [0, 0.1) is 0 Å². The third-order valence-electron chi connectivity index (χ3n) is 4.72. The minimum Gasteiger partial charge on any atom is -0.461 e. The molecule has 24 heavy (non-hydrogen) atoms. The SMILES string of the molecule is c1coc(-c2nnc(SC[C@H]3CCOCO3)n2C2CCCCC2)c1. The Hall–Kier alpha value is -1.31.